The quantitative estimate of drug-likeness (QED) is 0.411. The van der Waals surface area contributed by atoms with Crippen LogP contribution in [0.5, 0.6) is 0 Å². The van der Waals surface area contributed by atoms with E-state index in [-0.39, 0.29) is 0 Å². The lowest BCUT2D eigenvalue weighted by molar-refractivity contribution is 1.10. The Morgan fingerprint density at radius 1 is 0.870 bits per heavy atom. The molecular weight excluding hydrogens is 339 g/mol. The molecule has 0 aliphatic heterocycles. The van der Waals surface area contributed by atoms with E-state index in [1.807, 2.05) is 0 Å². The van der Waals surface area contributed by atoms with Crippen molar-refractivity contribution in [1.82, 2.24) is 0 Å². The molecule has 0 saturated heterocycles. The van der Waals surface area contributed by atoms with Crippen LogP contribution in [0.15, 0.2) is 60.7 Å². The molecule has 2 aromatic rings. The fourth-order valence-electron chi connectivity index (χ4n) is 2.31. The van der Waals surface area contributed by atoms with E-state index in [0.29, 0.717) is 0 Å². The van der Waals surface area contributed by atoms with Gasteiger partial charge in [0.25, 0.3) is 0 Å². The summed E-state index contributed by atoms with van der Waals surface area (Å²) in [4.78, 5) is 0. The van der Waals surface area contributed by atoms with Crippen molar-refractivity contribution in [3.05, 3.63) is 71.8 Å². The van der Waals surface area contributed by atoms with E-state index in [9.17, 15) is 0 Å². The van der Waals surface area contributed by atoms with Crippen LogP contribution < -0.4 is 0 Å². The minimum atomic E-state index is -1.74. The van der Waals surface area contributed by atoms with Crippen molar-refractivity contribution in [3.8, 4) is 10.9 Å². The number of benzene rings is 2. The highest BCUT2D eigenvalue weighted by molar-refractivity contribution is 8.06. The lowest BCUT2D eigenvalue weighted by atomic mass is 10.2. The molecule has 0 radical (unpaired) electrons. The summed E-state index contributed by atoms with van der Waals surface area (Å²) in [6, 6.07) is 21.2. The van der Waals surface area contributed by atoms with Gasteiger partial charge in [-0.05, 0) is 11.1 Å². The van der Waals surface area contributed by atoms with Gasteiger partial charge in [-0.1, -0.05) is 79.3 Å². The molecule has 0 unspecified atom stereocenters. The van der Waals surface area contributed by atoms with Crippen LogP contribution in [0.2, 0.25) is 0 Å². The largest absolute Gasteiger partial charge is 0.191 e. The van der Waals surface area contributed by atoms with Crippen LogP contribution in [0.25, 0.3) is 0 Å². The van der Waals surface area contributed by atoms with Gasteiger partial charge in [0.05, 0.1) is 12.3 Å². The molecule has 0 spiro atoms. The average Bonchev–Trinajstić information content (AvgIpc) is 2.61. The molecule has 120 valence electrons. The zero-order valence-electron chi connectivity index (χ0n) is 13.5. The van der Waals surface area contributed by atoms with Gasteiger partial charge in [0.15, 0.2) is 6.62 Å². The minimum absolute atomic E-state index is 0.989. The number of hydrogen-bond donors (Lipinski definition) is 0. The summed E-state index contributed by atoms with van der Waals surface area (Å²) in [6.45, 7) is 0.387. The second kappa shape index (κ2) is 10.0. The van der Waals surface area contributed by atoms with E-state index in [4.69, 9.17) is 11.2 Å². The first kappa shape index (κ1) is 18.4. The Balaban J connectivity index is 2.01. The summed E-state index contributed by atoms with van der Waals surface area (Å²) >= 11 is 8.66. The highest BCUT2D eigenvalue weighted by Crippen LogP contribution is 2.63. The van der Waals surface area contributed by atoms with E-state index in [1.165, 1.54) is 11.1 Å². The third-order valence-electron chi connectivity index (χ3n) is 3.66. The molecule has 0 bridgehead atoms. The monoisotopic (exact) mass is 361 g/mol. The summed E-state index contributed by atoms with van der Waals surface area (Å²) in [5, 5.41) is 3.23. The second-order valence-corrected chi connectivity index (χ2v) is 11.3. The lowest BCUT2D eigenvalue weighted by Gasteiger charge is -2.12. The Kier molecular flexibility index (Phi) is 8.04. The molecule has 0 fully saturated rings. The molecule has 2 aromatic carbocycles. The molecule has 3 heteroatoms. The van der Waals surface area contributed by atoms with Crippen molar-refractivity contribution in [2.24, 2.45) is 0 Å². The molecule has 0 atom stereocenters. The molecule has 0 saturated carbocycles. The summed E-state index contributed by atoms with van der Waals surface area (Å²) in [5.74, 6) is 1.02. The van der Waals surface area contributed by atoms with Crippen LogP contribution in [0.1, 0.15) is 18.1 Å². The average molecular weight is 362 g/mol. The summed E-state index contributed by atoms with van der Waals surface area (Å²) < 4.78 is 0. The van der Waals surface area contributed by atoms with Crippen molar-refractivity contribution in [1.29, 1.82) is 0 Å². The van der Waals surface area contributed by atoms with E-state index in [1.54, 1.807) is 11.8 Å². The van der Waals surface area contributed by atoms with Gasteiger partial charge in [-0.25, -0.2) is 0 Å². The zero-order valence-corrected chi connectivity index (χ0v) is 16.0. The lowest BCUT2D eigenvalue weighted by Crippen LogP contribution is -2.02. The summed E-state index contributed by atoms with van der Waals surface area (Å²) in [5.41, 5.74) is 6.13. The van der Waals surface area contributed by atoms with E-state index in [2.05, 4.69) is 78.5 Å². The highest BCUT2D eigenvalue weighted by Gasteiger charge is 2.34. The second-order valence-electron chi connectivity index (χ2n) is 5.43. The molecule has 0 N–H and O–H groups in total. The van der Waals surface area contributed by atoms with Crippen LogP contribution >= 0.6 is 29.6 Å². The van der Waals surface area contributed by atoms with Gasteiger partial charge < -0.3 is 0 Å². The minimum Gasteiger partial charge on any atom is -0.0717 e. The van der Waals surface area contributed by atoms with Crippen LogP contribution in [0, 0.1) is 10.9 Å². The van der Waals surface area contributed by atoms with Gasteiger partial charge in [0.2, 0.25) is 0 Å². The third kappa shape index (κ3) is 7.01. The zero-order chi connectivity index (χ0) is 16.4. The Labute approximate surface area is 150 Å². The van der Waals surface area contributed by atoms with E-state index in [0.717, 1.165) is 30.9 Å². The third-order valence-corrected chi connectivity index (χ3v) is 7.99. The Morgan fingerprint density at radius 3 is 1.78 bits per heavy atom. The predicted molar refractivity (Wildman–Crippen MR) is 109 cm³/mol. The van der Waals surface area contributed by atoms with Crippen molar-refractivity contribution < 1.29 is 0 Å². The fraction of sp³-hybridized carbons (Fsp3) is 0.300. The smallest absolute Gasteiger partial charge is 0.0717 e. The van der Waals surface area contributed by atoms with Gasteiger partial charge in [-0.3, -0.25) is 0 Å². The number of thioether (sulfide) groups is 1. The molecule has 23 heavy (non-hydrogen) atoms. The molecule has 2 rings (SSSR count). The first-order valence-corrected chi connectivity index (χ1v) is 12.1. The number of hydrogen-bond acceptors (Lipinski definition) is 1. The fourth-order valence-corrected chi connectivity index (χ4v) is 5.86. The predicted octanol–water partition coefficient (Wildman–Crippen LogP) is 6.31. The van der Waals surface area contributed by atoms with Crippen molar-refractivity contribution >= 4 is 29.6 Å². The van der Waals surface area contributed by atoms with Crippen LogP contribution in [0.4, 0.5) is 0 Å². The molecule has 0 amide bonds. The molecule has 0 aliphatic rings. The number of halogens is 1. The number of rotatable bonds is 7. The van der Waals surface area contributed by atoms with Gasteiger partial charge >= 0.3 is 0 Å². The SMILES string of the molecule is CCSC#C[P+](Cl)(CCc1ccccc1)CCc1ccccc1. The van der Waals surface area contributed by atoms with E-state index >= 15 is 0 Å². The molecule has 0 heterocycles. The van der Waals surface area contributed by atoms with Gasteiger partial charge in [-0.15, -0.1) is 0 Å². The van der Waals surface area contributed by atoms with Crippen LogP contribution in [-0.2, 0) is 12.8 Å². The molecule has 0 aromatic heterocycles. The standard InChI is InChI=1S/C20H23ClPS/c1-2-23-18-17-22(21,15-13-19-9-5-3-6-10-19)16-14-20-11-7-4-8-12-20/h3-12H,2,13-16H2,1H3/q+1. The first-order chi connectivity index (χ1) is 11.2. The van der Waals surface area contributed by atoms with Crippen molar-refractivity contribution in [2.45, 2.75) is 19.8 Å². The Hall–Kier alpha value is -0.930. The maximum Gasteiger partial charge on any atom is 0.191 e. The van der Waals surface area contributed by atoms with Gasteiger partial charge in [0, 0.05) is 23.8 Å². The highest BCUT2D eigenvalue weighted by atomic mass is 35.7. The van der Waals surface area contributed by atoms with Crippen molar-refractivity contribution in [2.75, 3.05) is 18.1 Å². The van der Waals surface area contributed by atoms with Gasteiger partial charge in [0.1, 0.15) is 16.9 Å². The maximum absolute atomic E-state index is 7.00. The van der Waals surface area contributed by atoms with Crippen LogP contribution in [-0.4, -0.2) is 18.1 Å². The Morgan fingerprint density at radius 2 is 1.35 bits per heavy atom. The number of aryl methyl sites for hydroxylation is 2. The summed E-state index contributed by atoms with van der Waals surface area (Å²) in [6.07, 6.45) is 4.00. The molecule has 0 aliphatic carbocycles. The van der Waals surface area contributed by atoms with E-state index < -0.39 is 6.62 Å². The van der Waals surface area contributed by atoms with Gasteiger partial charge in [-0.2, -0.15) is 0 Å². The van der Waals surface area contributed by atoms with Crippen LogP contribution in [0.3, 0.4) is 0 Å². The first-order valence-electron chi connectivity index (χ1n) is 8.00. The maximum atomic E-state index is 7.00. The normalized spacial score (nSPS) is 10.9. The Bertz CT molecular complexity index is 587. The summed E-state index contributed by atoms with van der Waals surface area (Å²) in [7, 11) is 0. The molecular formula is C20H23ClPS+. The molecule has 0 nitrogen and oxygen atoms in total. The topological polar surface area (TPSA) is 0 Å². The van der Waals surface area contributed by atoms with Crippen molar-refractivity contribution in [3.63, 3.8) is 0 Å².